The van der Waals surface area contributed by atoms with Gasteiger partial charge >= 0.3 is 13.1 Å². The molecule has 1 fully saturated rings. The number of hydrogen-bond acceptors (Lipinski definition) is 4. The summed E-state index contributed by atoms with van der Waals surface area (Å²) in [6.07, 6.45) is 0.823. The number of carbonyl (C=O) groups is 1. The van der Waals surface area contributed by atoms with Crippen molar-refractivity contribution in [2.45, 2.75) is 58.2 Å². The molecule has 5 nitrogen and oxygen atoms in total. The molecule has 24 heavy (non-hydrogen) atoms. The first-order valence-corrected chi connectivity index (χ1v) is 8.01. The maximum Gasteiger partial charge on any atom is 0.498 e. The summed E-state index contributed by atoms with van der Waals surface area (Å²) in [5.41, 5.74) is 0.0154. The lowest BCUT2D eigenvalue weighted by atomic mass is 9.77. The van der Waals surface area contributed by atoms with Crippen molar-refractivity contribution in [1.29, 1.82) is 0 Å². The van der Waals surface area contributed by atoms with E-state index < -0.39 is 30.1 Å². The van der Waals surface area contributed by atoms with Crippen molar-refractivity contribution < 1.29 is 28.3 Å². The summed E-state index contributed by atoms with van der Waals surface area (Å²) in [7, 11) is 0.765. The van der Waals surface area contributed by atoms with Crippen molar-refractivity contribution in [3.63, 3.8) is 0 Å². The number of aliphatic carboxylic acids is 1. The van der Waals surface area contributed by atoms with Gasteiger partial charge in [-0.1, -0.05) is 0 Å². The van der Waals surface area contributed by atoms with E-state index in [4.69, 9.17) is 19.2 Å². The number of benzene rings is 1. The first kappa shape index (κ1) is 18.7. The smallest absolute Gasteiger partial charge is 0.497 e. The highest BCUT2D eigenvalue weighted by molar-refractivity contribution is 6.63. The molecule has 0 saturated carbocycles. The van der Waals surface area contributed by atoms with E-state index in [0.717, 1.165) is 0 Å². The van der Waals surface area contributed by atoms with Crippen molar-refractivity contribution in [2.24, 2.45) is 0 Å². The van der Waals surface area contributed by atoms with Crippen LogP contribution in [0.3, 0.4) is 0 Å². The molecule has 0 radical (unpaired) electrons. The Kier molecular flexibility index (Phi) is 5.25. The van der Waals surface area contributed by atoms with Crippen LogP contribution in [0, 0.1) is 5.82 Å². The van der Waals surface area contributed by atoms with E-state index in [-0.39, 0.29) is 6.42 Å². The second-order valence-corrected chi connectivity index (χ2v) is 7.02. The SMILES string of the molecule is COc1c(CCCC(=O)O)cc(F)cc1B1OC(C)(C)C(C)(C)O1. The fourth-order valence-corrected chi connectivity index (χ4v) is 2.68. The van der Waals surface area contributed by atoms with E-state index in [9.17, 15) is 9.18 Å². The highest BCUT2D eigenvalue weighted by Gasteiger charge is 2.52. The van der Waals surface area contributed by atoms with Gasteiger partial charge in [0.15, 0.2) is 0 Å². The van der Waals surface area contributed by atoms with E-state index in [2.05, 4.69) is 0 Å². The van der Waals surface area contributed by atoms with Gasteiger partial charge in [-0.05, 0) is 58.2 Å². The first-order chi connectivity index (χ1) is 11.1. The largest absolute Gasteiger partial charge is 0.498 e. The van der Waals surface area contributed by atoms with Gasteiger partial charge in [-0.2, -0.15) is 0 Å². The van der Waals surface area contributed by atoms with Crippen LogP contribution in [0.5, 0.6) is 5.75 Å². The van der Waals surface area contributed by atoms with Crippen molar-refractivity contribution in [1.82, 2.24) is 0 Å². The van der Waals surface area contributed by atoms with E-state index in [1.165, 1.54) is 19.2 Å². The molecule has 0 bridgehead atoms. The molecule has 0 aromatic heterocycles. The monoisotopic (exact) mass is 338 g/mol. The van der Waals surface area contributed by atoms with E-state index in [1.807, 2.05) is 27.7 Å². The predicted molar refractivity (Wildman–Crippen MR) is 89.2 cm³/mol. The quantitative estimate of drug-likeness (QED) is 0.808. The number of hydrogen-bond donors (Lipinski definition) is 1. The molecule has 1 heterocycles. The van der Waals surface area contributed by atoms with Gasteiger partial charge in [0, 0.05) is 11.9 Å². The van der Waals surface area contributed by atoms with E-state index in [1.54, 1.807) is 0 Å². The lowest BCUT2D eigenvalue weighted by molar-refractivity contribution is -0.137. The minimum atomic E-state index is -0.878. The zero-order valence-corrected chi connectivity index (χ0v) is 14.8. The predicted octanol–water partition coefficient (Wildman–Crippen LogP) is 2.54. The maximum absolute atomic E-state index is 14.1. The molecule has 0 aliphatic carbocycles. The van der Waals surface area contributed by atoms with Gasteiger partial charge in [-0.15, -0.1) is 0 Å². The number of aryl methyl sites for hydroxylation is 1. The van der Waals surface area contributed by atoms with Gasteiger partial charge in [0.2, 0.25) is 0 Å². The first-order valence-electron chi connectivity index (χ1n) is 8.01. The maximum atomic E-state index is 14.1. The van der Waals surface area contributed by atoms with Crippen LogP contribution in [0.1, 0.15) is 46.1 Å². The third kappa shape index (κ3) is 3.73. The fraction of sp³-hybridized carbons (Fsp3) is 0.588. The number of methoxy groups -OCH3 is 1. The van der Waals surface area contributed by atoms with Crippen molar-refractivity contribution in [3.05, 3.63) is 23.5 Å². The average molecular weight is 338 g/mol. The third-order valence-corrected chi connectivity index (χ3v) is 4.71. The van der Waals surface area contributed by atoms with Gasteiger partial charge in [-0.3, -0.25) is 4.79 Å². The summed E-state index contributed by atoms with van der Waals surface area (Å²) in [6, 6.07) is 2.72. The Morgan fingerprint density at radius 2 is 1.83 bits per heavy atom. The van der Waals surface area contributed by atoms with Crippen LogP contribution in [0.2, 0.25) is 0 Å². The molecule has 0 atom stereocenters. The van der Waals surface area contributed by atoms with Crippen molar-refractivity contribution >= 4 is 18.6 Å². The van der Waals surface area contributed by atoms with E-state index in [0.29, 0.717) is 29.6 Å². The lowest BCUT2D eigenvalue weighted by Gasteiger charge is -2.32. The van der Waals surface area contributed by atoms with Gasteiger partial charge in [0.05, 0.1) is 18.3 Å². The van der Waals surface area contributed by atoms with Crippen LogP contribution in [-0.2, 0) is 20.5 Å². The topological polar surface area (TPSA) is 65.0 Å². The number of carboxylic acid groups (broad SMARTS) is 1. The van der Waals surface area contributed by atoms with Gasteiger partial charge < -0.3 is 19.2 Å². The number of carboxylic acids is 1. The Hall–Kier alpha value is -1.60. The summed E-state index contributed by atoms with van der Waals surface area (Å²) in [5, 5.41) is 8.77. The number of halogens is 1. The van der Waals surface area contributed by atoms with Crippen LogP contribution in [0.25, 0.3) is 0 Å². The van der Waals surface area contributed by atoms with E-state index >= 15 is 0 Å². The molecule has 0 unspecified atom stereocenters. The van der Waals surface area contributed by atoms with Crippen LogP contribution in [0.15, 0.2) is 12.1 Å². The molecule has 132 valence electrons. The molecular weight excluding hydrogens is 314 g/mol. The van der Waals surface area contributed by atoms with Crippen LogP contribution >= 0.6 is 0 Å². The summed E-state index contributed by atoms with van der Waals surface area (Å²) < 4.78 is 31.5. The second kappa shape index (κ2) is 6.72. The summed E-state index contributed by atoms with van der Waals surface area (Å²) in [6.45, 7) is 7.69. The number of rotatable bonds is 6. The highest BCUT2D eigenvalue weighted by Crippen LogP contribution is 2.37. The van der Waals surface area contributed by atoms with Gasteiger partial charge in [0.1, 0.15) is 11.6 Å². The molecule has 1 aromatic rings. The third-order valence-electron chi connectivity index (χ3n) is 4.71. The minimum Gasteiger partial charge on any atom is -0.497 e. The molecule has 2 rings (SSSR count). The van der Waals surface area contributed by atoms with Crippen molar-refractivity contribution in [2.75, 3.05) is 7.11 Å². The highest BCUT2D eigenvalue weighted by atomic mass is 19.1. The zero-order chi connectivity index (χ0) is 18.1. The molecular formula is C17H24BFO5. The zero-order valence-electron chi connectivity index (χ0n) is 14.8. The standard InChI is InChI=1S/C17H24BFO5/c1-16(2)17(3,4)24-18(23-16)13-10-12(19)9-11(15(13)22-5)7-6-8-14(20)21/h9-10H,6-8H2,1-5H3,(H,20,21). The molecule has 1 N–H and O–H groups in total. The molecule has 1 aliphatic heterocycles. The van der Waals surface area contributed by atoms with Crippen LogP contribution < -0.4 is 10.2 Å². The Bertz CT molecular complexity index is 614. The van der Waals surface area contributed by atoms with Crippen molar-refractivity contribution in [3.8, 4) is 5.75 Å². The van der Waals surface area contributed by atoms with Crippen LogP contribution in [0.4, 0.5) is 4.39 Å². The van der Waals surface area contributed by atoms with Gasteiger partial charge in [-0.25, -0.2) is 4.39 Å². The Morgan fingerprint density at radius 1 is 1.25 bits per heavy atom. The summed E-state index contributed by atoms with van der Waals surface area (Å²) in [5.74, 6) is -0.817. The lowest BCUT2D eigenvalue weighted by Crippen LogP contribution is -2.41. The van der Waals surface area contributed by atoms with Gasteiger partial charge in [0.25, 0.3) is 0 Å². The molecule has 7 heteroatoms. The number of ether oxygens (including phenoxy) is 1. The summed E-state index contributed by atoms with van der Waals surface area (Å²) >= 11 is 0. The molecule has 1 aromatic carbocycles. The second-order valence-electron chi connectivity index (χ2n) is 7.02. The molecule has 1 aliphatic rings. The summed E-state index contributed by atoms with van der Waals surface area (Å²) in [4.78, 5) is 10.7. The average Bonchev–Trinajstić information content (AvgIpc) is 2.66. The minimum absolute atomic E-state index is 0.0193. The molecule has 1 saturated heterocycles. The Balaban J connectivity index is 2.33. The normalized spacial score (nSPS) is 18.7. The Morgan fingerprint density at radius 3 is 2.33 bits per heavy atom. The molecule has 0 amide bonds. The fourth-order valence-electron chi connectivity index (χ4n) is 2.68. The molecule has 0 spiro atoms. The Labute approximate surface area is 142 Å². The van der Waals surface area contributed by atoms with Crippen LogP contribution in [-0.4, -0.2) is 36.5 Å².